The first kappa shape index (κ1) is 14.3. The Hall–Kier alpha value is -2.07. The lowest BCUT2D eigenvalue weighted by atomic mass is 9.96. The van der Waals surface area contributed by atoms with Crippen molar-refractivity contribution < 1.29 is 19.0 Å². The molecule has 2 aromatic rings. The van der Waals surface area contributed by atoms with Crippen molar-refractivity contribution >= 4 is 0 Å². The average molecular weight is 276 g/mol. The van der Waals surface area contributed by atoms with Crippen molar-refractivity contribution in [2.24, 2.45) is 0 Å². The predicted octanol–water partition coefficient (Wildman–Crippen LogP) is 3.23. The minimum Gasteiger partial charge on any atom is -0.493 e. The summed E-state index contributed by atoms with van der Waals surface area (Å²) in [6, 6.07) is 9.61. The molecule has 0 aliphatic carbocycles. The second-order valence-corrected chi connectivity index (χ2v) is 4.49. The van der Waals surface area contributed by atoms with E-state index in [1.165, 1.54) is 13.2 Å². The van der Waals surface area contributed by atoms with Crippen molar-refractivity contribution in [2.45, 2.75) is 13.0 Å². The van der Waals surface area contributed by atoms with Gasteiger partial charge < -0.3 is 14.6 Å². The van der Waals surface area contributed by atoms with E-state index in [4.69, 9.17) is 9.47 Å². The Labute approximate surface area is 117 Å². The molecule has 1 atom stereocenters. The zero-order valence-electron chi connectivity index (χ0n) is 11.7. The molecule has 3 nitrogen and oxygen atoms in total. The van der Waals surface area contributed by atoms with Gasteiger partial charge in [-0.25, -0.2) is 4.39 Å². The van der Waals surface area contributed by atoms with Gasteiger partial charge in [0.05, 0.1) is 14.2 Å². The molecule has 0 radical (unpaired) electrons. The predicted molar refractivity (Wildman–Crippen MR) is 74.7 cm³/mol. The van der Waals surface area contributed by atoms with Gasteiger partial charge in [-0.2, -0.15) is 0 Å². The lowest BCUT2D eigenvalue weighted by molar-refractivity contribution is 0.213. The molecule has 0 aliphatic heterocycles. The van der Waals surface area contributed by atoms with Gasteiger partial charge in [-0.1, -0.05) is 18.2 Å². The third-order valence-electron chi connectivity index (χ3n) is 3.27. The summed E-state index contributed by atoms with van der Waals surface area (Å²) in [4.78, 5) is 0. The molecule has 2 aromatic carbocycles. The maximum absolute atomic E-state index is 13.8. The van der Waals surface area contributed by atoms with Gasteiger partial charge in [-0.3, -0.25) is 0 Å². The molecule has 20 heavy (non-hydrogen) atoms. The maximum atomic E-state index is 13.8. The van der Waals surface area contributed by atoms with E-state index >= 15 is 0 Å². The Morgan fingerprint density at radius 2 is 1.60 bits per heavy atom. The number of hydrogen-bond acceptors (Lipinski definition) is 3. The minimum absolute atomic E-state index is 0.239. The molecule has 0 heterocycles. The van der Waals surface area contributed by atoms with Gasteiger partial charge in [0.25, 0.3) is 0 Å². The summed E-state index contributed by atoms with van der Waals surface area (Å²) in [7, 11) is 3.07. The number of ether oxygens (including phenoxy) is 2. The monoisotopic (exact) mass is 276 g/mol. The summed E-state index contributed by atoms with van der Waals surface area (Å²) < 4.78 is 24.2. The van der Waals surface area contributed by atoms with E-state index in [0.717, 1.165) is 5.56 Å². The second kappa shape index (κ2) is 5.92. The number of rotatable bonds is 4. The molecule has 106 valence electrons. The standard InChI is InChI=1S/C16H17FO3/c1-10-8-14(19-2)15(20-3)9-12(10)16(18)11-6-4-5-7-13(11)17/h4-9,16,18H,1-3H3. The van der Waals surface area contributed by atoms with Crippen LogP contribution >= 0.6 is 0 Å². The van der Waals surface area contributed by atoms with Crippen LogP contribution in [0.2, 0.25) is 0 Å². The Bertz CT molecular complexity index is 611. The highest BCUT2D eigenvalue weighted by Gasteiger charge is 2.19. The van der Waals surface area contributed by atoms with E-state index < -0.39 is 11.9 Å². The van der Waals surface area contributed by atoms with Gasteiger partial charge in [0, 0.05) is 5.56 Å². The van der Waals surface area contributed by atoms with Crippen LogP contribution in [0.15, 0.2) is 36.4 Å². The molecule has 0 amide bonds. The van der Waals surface area contributed by atoms with Crippen LogP contribution in [-0.4, -0.2) is 19.3 Å². The molecule has 0 spiro atoms. The lowest BCUT2D eigenvalue weighted by Gasteiger charge is -2.17. The van der Waals surface area contributed by atoms with Crippen molar-refractivity contribution in [3.63, 3.8) is 0 Å². The number of benzene rings is 2. The van der Waals surface area contributed by atoms with Crippen LogP contribution in [0.1, 0.15) is 22.8 Å². The van der Waals surface area contributed by atoms with Gasteiger partial charge in [0.2, 0.25) is 0 Å². The van der Waals surface area contributed by atoms with Crippen LogP contribution in [0.3, 0.4) is 0 Å². The molecule has 0 fully saturated rings. The smallest absolute Gasteiger partial charge is 0.161 e. The Morgan fingerprint density at radius 1 is 1.00 bits per heavy atom. The topological polar surface area (TPSA) is 38.7 Å². The number of halogens is 1. The van der Waals surface area contributed by atoms with E-state index in [-0.39, 0.29) is 5.56 Å². The summed E-state index contributed by atoms with van der Waals surface area (Å²) in [6.07, 6.45) is -1.05. The number of aliphatic hydroxyl groups excluding tert-OH is 1. The van der Waals surface area contributed by atoms with Crippen LogP contribution in [0.25, 0.3) is 0 Å². The zero-order valence-corrected chi connectivity index (χ0v) is 11.7. The van der Waals surface area contributed by atoms with E-state index in [2.05, 4.69) is 0 Å². The van der Waals surface area contributed by atoms with Crippen LogP contribution in [0.4, 0.5) is 4.39 Å². The van der Waals surface area contributed by atoms with Gasteiger partial charge >= 0.3 is 0 Å². The highest BCUT2D eigenvalue weighted by atomic mass is 19.1. The van der Waals surface area contributed by atoms with Crippen molar-refractivity contribution in [3.05, 3.63) is 58.9 Å². The first-order chi connectivity index (χ1) is 9.58. The van der Waals surface area contributed by atoms with Crippen LogP contribution in [0.5, 0.6) is 11.5 Å². The summed E-state index contributed by atoms with van der Waals surface area (Å²) in [5, 5.41) is 10.4. The maximum Gasteiger partial charge on any atom is 0.161 e. The number of hydrogen-bond donors (Lipinski definition) is 1. The number of aryl methyl sites for hydroxylation is 1. The number of aliphatic hydroxyl groups is 1. The Morgan fingerprint density at radius 3 is 2.20 bits per heavy atom. The highest BCUT2D eigenvalue weighted by Crippen LogP contribution is 2.35. The summed E-state index contributed by atoms with van der Waals surface area (Å²) in [5.74, 6) is 0.646. The van der Waals surface area contributed by atoms with E-state index in [0.29, 0.717) is 17.1 Å². The van der Waals surface area contributed by atoms with E-state index in [1.807, 2.05) is 6.92 Å². The quantitative estimate of drug-likeness (QED) is 0.931. The lowest BCUT2D eigenvalue weighted by Crippen LogP contribution is -2.05. The van der Waals surface area contributed by atoms with E-state index in [1.54, 1.807) is 37.4 Å². The molecule has 2 rings (SSSR count). The summed E-state index contributed by atoms with van der Waals surface area (Å²) in [5.41, 5.74) is 1.63. The Balaban J connectivity index is 2.50. The third kappa shape index (κ3) is 2.60. The third-order valence-corrected chi connectivity index (χ3v) is 3.27. The zero-order chi connectivity index (χ0) is 14.7. The SMILES string of the molecule is COc1cc(C)c(C(O)c2ccccc2F)cc1OC. The summed E-state index contributed by atoms with van der Waals surface area (Å²) >= 11 is 0. The molecule has 0 saturated carbocycles. The largest absolute Gasteiger partial charge is 0.493 e. The molecule has 1 unspecified atom stereocenters. The average Bonchev–Trinajstić information content (AvgIpc) is 2.46. The minimum atomic E-state index is -1.05. The van der Waals surface area contributed by atoms with Crippen molar-refractivity contribution in [1.29, 1.82) is 0 Å². The van der Waals surface area contributed by atoms with Crippen molar-refractivity contribution in [3.8, 4) is 11.5 Å². The molecule has 1 N–H and O–H groups in total. The molecular weight excluding hydrogens is 259 g/mol. The van der Waals surface area contributed by atoms with Crippen molar-refractivity contribution in [1.82, 2.24) is 0 Å². The molecule has 0 saturated heterocycles. The van der Waals surface area contributed by atoms with Crippen molar-refractivity contribution in [2.75, 3.05) is 14.2 Å². The molecule has 4 heteroatoms. The molecule has 0 bridgehead atoms. The van der Waals surface area contributed by atoms with Gasteiger partial charge in [0.15, 0.2) is 11.5 Å². The van der Waals surface area contributed by atoms with Crippen LogP contribution in [-0.2, 0) is 0 Å². The van der Waals surface area contributed by atoms with Crippen LogP contribution < -0.4 is 9.47 Å². The fraction of sp³-hybridized carbons (Fsp3) is 0.250. The van der Waals surface area contributed by atoms with Crippen LogP contribution in [0, 0.1) is 12.7 Å². The first-order valence-electron chi connectivity index (χ1n) is 6.23. The molecular formula is C16H17FO3. The van der Waals surface area contributed by atoms with Gasteiger partial charge in [-0.15, -0.1) is 0 Å². The van der Waals surface area contributed by atoms with Gasteiger partial charge in [0.1, 0.15) is 11.9 Å². The first-order valence-corrected chi connectivity index (χ1v) is 6.23. The normalized spacial score (nSPS) is 12.1. The second-order valence-electron chi connectivity index (χ2n) is 4.49. The Kier molecular flexibility index (Phi) is 4.25. The fourth-order valence-electron chi connectivity index (χ4n) is 2.16. The highest BCUT2D eigenvalue weighted by molar-refractivity contribution is 5.49. The van der Waals surface area contributed by atoms with E-state index in [9.17, 15) is 9.50 Å². The molecule has 0 aliphatic rings. The molecule has 0 aromatic heterocycles. The summed E-state index contributed by atoms with van der Waals surface area (Å²) in [6.45, 7) is 1.83. The fourth-order valence-corrected chi connectivity index (χ4v) is 2.16. The number of methoxy groups -OCH3 is 2. The van der Waals surface area contributed by atoms with Gasteiger partial charge in [-0.05, 0) is 36.2 Å².